The van der Waals surface area contributed by atoms with Crippen molar-refractivity contribution in [1.82, 2.24) is 5.32 Å². The number of hydrogen-bond donors (Lipinski definition) is 2. The lowest BCUT2D eigenvalue weighted by Gasteiger charge is -2.10. The third-order valence-corrected chi connectivity index (χ3v) is 2.52. The number of aryl methyl sites for hydroxylation is 1. The Kier molecular flexibility index (Phi) is 5.36. The Balaban J connectivity index is 2.61. The first kappa shape index (κ1) is 14.2. The summed E-state index contributed by atoms with van der Waals surface area (Å²) < 4.78 is 0. The number of anilines is 1. The van der Waals surface area contributed by atoms with Crippen LogP contribution >= 0.6 is 0 Å². The van der Waals surface area contributed by atoms with E-state index in [4.69, 9.17) is 0 Å². The van der Waals surface area contributed by atoms with Crippen molar-refractivity contribution in [2.75, 3.05) is 11.9 Å². The van der Waals surface area contributed by atoms with Crippen molar-refractivity contribution in [2.45, 2.75) is 27.2 Å². The second-order valence-corrected chi connectivity index (χ2v) is 4.57. The Morgan fingerprint density at radius 3 is 2.44 bits per heavy atom. The fourth-order valence-corrected chi connectivity index (χ4v) is 1.51. The van der Waals surface area contributed by atoms with Crippen LogP contribution in [0, 0.1) is 5.92 Å². The summed E-state index contributed by atoms with van der Waals surface area (Å²) in [6.07, 6.45) is 0.810. The molecule has 0 aliphatic rings. The molecule has 0 heterocycles. The maximum absolute atomic E-state index is 11.7. The minimum absolute atomic E-state index is 0.324. The van der Waals surface area contributed by atoms with Crippen molar-refractivity contribution < 1.29 is 9.59 Å². The van der Waals surface area contributed by atoms with E-state index in [2.05, 4.69) is 10.6 Å². The van der Waals surface area contributed by atoms with E-state index in [-0.39, 0.29) is 0 Å². The van der Waals surface area contributed by atoms with Gasteiger partial charge < -0.3 is 10.6 Å². The maximum atomic E-state index is 11.7. The highest BCUT2D eigenvalue weighted by molar-refractivity contribution is 6.39. The molecule has 4 nitrogen and oxygen atoms in total. The molecular weight excluding hydrogens is 228 g/mol. The number of hydrogen-bond acceptors (Lipinski definition) is 2. The molecule has 1 rings (SSSR count). The predicted octanol–water partition coefficient (Wildman–Crippen LogP) is 1.96. The van der Waals surface area contributed by atoms with E-state index in [1.54, 1.807) is 6.07 Å². The monoisotopic (exact) mass is 248 g/mol. The Bertz CT molecular complexity index is 428. The van der Waals surface area contributed by atoms with Gasteiger partial charge in [-0.25, -0.2) is 0 Å². The van der Waals surface area contributed by atoms with Crippen LogP contribution in [0.1, 0.15) is 26.3 Å². The van der Waals surface area contributed by atoms with Crippen LogP contribution in [0.4, 0.5) is 5.69 Å². The van der Waals surface area contributed by atoms with Gasteiger partial charge in [-0.3, -0.25) is 9.59 Å². The zero-order valence-corrected chi connectivity index (χ0v) is 11.1. The maximum Gasteiger partial charge on any atom is 0.313 e. The standard InChI is InChI=1S/C14H20N2O2/c1-4-11-7-5-6-8-12(11)16-14(18)13(17)15-9-10(2)3/h5-8,10H,4,9H2,1-3H3,(H,15,17)(H,16,18). The van der Waals surface area contributed by atoms with E-state index >= 15 is 0 Å². The highest BCUT2D eigenvalue weighted by atomic mass is 16.2. The number of rotatable bonds is 4. The minimum atomic E-state index is -0.614. The van der Waals surface area contributed by atoms with Gasteiger partial charge in [0.05, 0.1) is 0 Å². The molecule has 0 saturated heterocycles. The summed E-state index contributed by atoms with van der Waals surface area (Å²) >= 11 is 0. The Hall–Kier alpha value is -1.84. The number of carbonyl (C=O) groups excluding carboxylic acids is 2. The molecule has 0 aromatic heterocycles. The fraction of sp³-hybridized carbons (Fsp3) is 0.429. The molecule has 2 amide bonds. The van der Waals surface area contributed by atoms with Crippen LogP contribution in [0.2, 0.25) is 0 Å². The van der Waals surface area contributed by atoms with Crippen molar-refractivity contribution in [3.8, 4) is 0 Å². The smallest absolute Gasteiger partial charge is 0.313 e. The van der Waals surface area contributed by atoms with Gasteiger partial charge in [0.2, 0.25) is 0 Å². The molecule has 1 aromatic rings. The van der Waals surface area contributed by atoms with Crippen LogP contribution in [-0.2, 0) is 16.0 Å². The molecule has 0 unspecified atom stereocenters. The summed E-state index contributed by atoms with van der Waals surface area (Å²) in [6, 6.07) is 7.47. The average Bonchev–Trinajstić information content (AvgIpc) is 2.36. The van der Waals surface area contributed by atoms with Crippen LogP contribution in [0.3, 0.4) is 0 Å². The van der Waals surface area contributed by atoms with Gasteiger partial charge in [0, 0.05) is 12.2 Å². The molecule has 0 aliphatic carbocycles. The van der Waals surface area contributed by atoms with Crippen molar-refractivity contribution in [3.63, 3.8) is 0 Å². The quantitative estimate of drug-likeness (QED) is 0.800. The van der Waals surface area contributed by atoms with Crippen LogP contribution in [0.25, 0.3) is 0 Å². The average molecular weight is 248 g/mol. The lowest BCUT2D eigenvalue weighted by molar-refractivity contribution is -0.136. The van der Waals surface area contributed by atoms with Crippen molar-refractivity contribution >= 4 is 17.5 Å². The Labute approximate surface area is 108 Å². The highest BCUT2D eigenvalue weighted by Gasteiger charge is 2.14. The number of carbonyl (C=O) groups is 2. The lowest BCUT2D eigenvalue weighted by Crippen LogP contribution is -2.37. The second kappa shape index (κ2) is 6.79. The molecule has 0 spiro atoms. The van der Waals surface area contributed by atoms with Crippen molar-refractivity contribution in [1.29, 1.82) is 0 Å². The van der Waals surface area contributed by atoms with Crippen molar-refractivity contribution in [2.24, 2.45) is 5.92 Å². The van der Waals surface area contributed by atoms with Gasteiger partial charge in [-0.2, -0.15) is 0 Å². The van der Waals surface area contributed by atoms with Crippen LogP contribution < -0.4 is 10.6 Å². The molecule has 4 heteroatoms. The molecule has 98 valence electrons. The van der Waals surface area contributed by atoms with Crippen LogP contribution in [0.15, 0.2) is 24.3 Å². The fourth-order valence-electron chi connectivity index (χ4n) is 1.51. The van der Waals surface area contributed by atoms with E-state index in [0.29, 0.717) is 18.2 Å². The van der Waals surface area contributed by atoms with E-state index in [9.17, 15) is 9.59 Å². The normalized spacial score (nSPS) is 10.2. The minimum Gasteiger partial charge on any atom is -0.348 e. The van der Waals surface area contributed by atoms with Gasteiger partial charge in [0.25, 0.3) is 0 Å². The first-order valence-electron chi connectivity index (χ1n) is 6.21. The molecule has 1 aromatic carbocycles. The zero-order valence-electron chi connectivity index (χ0n) is 11.1. The van der Waals surface area contributed by atoms with Gasteiger partial charge in [-0.1, -0.05) is 39.0 Å². The van der Waals surface area contributed by atoms with Crippen molar-refractivity contribution in [3.05, 3.63) is 29.8 Å². The first-order chi connectivity index (χ1) is 8.54. The summed E-state index contributed by atoms with van der Waals surface area (Å²) in [5.74, 6) is -0.879. The molecule has 0 fully saturated rings. The molecule has 0 radical (unpaired) electrons. The second-order valence-electron chi connectivity index (χ2n) is 4.57. The van der Waals surface area contributed by atoms with Crippen LogP contribution in [0.5, 0.6) is 0 Å². The highest BCUT2D eigenvalue weighted by Crippen LogP contribution is 2.14. The third-order valence-electron chi connectivity index (χ3n) is 2.52. The topological polar surface area (TPSA) is 58.2 Å². The SMILES string of the molecule is CCc1ccccc1NC(=O)C(=O)NCC(C)C. The molecule has 0 bridgehead atoms. The molecular formula is C14H20N2O2. The summed E-state index contributed by atoms with van der Waals surface area (Å²) in [5.41, 5.74) is 1.72. The van der Waals surface area contributed by atoms with E-state index in [1.807, 2.05) is 39.0 Å². The molecule has 0 saturated carbocycles. The van der Waals surface area contributed by atoms with E-state index < -0.39 is 11.8 Å². The lowest BCUT2D eigenvalue weighted by atomic mass is 10.1. The summed E-state index contributed by atoms with van der Waals surface area (Å²) in [5, 5.41) is 5.22. The molecule has 2 N–H and O–H groups in total. The molecule has 0 aliphatic heterocycles. The molecule has 18 heavy (non-hydrogen) atoms. The summed E-state index contributed by atoms with van der Waals surface area (Å²) in [4.78, 5) is 23.2. The largest absolute Gasteiger partial charge is 0.348 e. The third kappa shape index (κ3) is 4.20. The van der Waals surface area contributed by atoms with E-state index in [0.717, 1.165) is 12.0 Å². The number of para-hydroxylation sites is 1. The van der Waals surface area contributed by atoms with Gasteiger partial charge >= 0.3 is 11.8 Å². The van der Waals surface area contributed by atoms with Gasteiger partial charge in [0.1, 0.15) is 0 Å². The number of amides is 2. The number of benzene rings is 1. The van der Waals surface area contributed by atoms with Gasteiger partial charge in [0.15, 0.2) is 0 Å². The summed E-state index contributed by atoms with van der Waals surface area (Å²) in [6.45, 7) is 6.46. The van der Waals surface area contributed by atoms with Gasteiger partial charge in [-0.05, 0) is 24.0 Å². The summed E-state index contributed by atoms with van der Waals surface area (Å²) in [7, 11) is 0. The number of nitrogens with one attached hydrogen (secondary N) is 2. The van der Waals surface area contributed by atoms with Crippen LogP contribution in [-0.4, -0.2) is 18.4 Å². The first-order valence-corrected chi connectivity index (χ1v) is 6.21. The predicted molar refractivity (Wildman–Crippen MR) is 72.3 cm³/mol. The Morgan fingerprint density at radius 1 is 1.17 bits per heavy atom. The van der Waals surface area contributed by atoms with Gasteiger partial charge in [-0.15, -0.1) is 0 Å². The zero-order chi connectivity index (χ0) is 13.5. The van der Waals surface area contributed by atoms with E-state index in [1.165, 1.54) is 0 Å². The molecule has 0 atom stereocenters. The Morgan fingerprint density at radius 2 is 1.83 bits per heavy atom.